The molecule has 19 N–H and O–H groups in total. The fraction of sp³-hybridized carbons (Fsp3) is 0.433. The number of hydrogen-bond acceptors (Lipinski definition) is 25. The summed E-state index contributed by atoms with van der Waals surface area (Å²) in [4.78, 5) is 118. The predicted molar refractivity (Wildman–Crippen MR) is 365 cm³/mol. The molecule has 35 heteroatoms. The highest BCUT2D eigenvalue weighted by atomic mass is 127. The normalized spacial score (nSPS) is 29.2. The van der Waals surface area contributed by atoms with Crippen LogP contribution in [0.5, 0.6) is 46.0 Å². The molecular weight excluding hydrogens is 1500 g/mol. The minimum Gasteiger partial charge on any atom is -0.508 e. The fourth-order valence-corrected chi connectivity index (χ4v) is 13.8. The summed E-state index contributed by atoms with van der Waals surface area (Å²) in [7, 11) is 2.43. The van der Waals surface area contributed by atoms with E-state index in [-0.39, 0.29) is 61.4 Å². The van der Waals surface area contributed by atoms with E-state index in [1.54, 1.807) is 6.92 Å². The first-order chi connectivity index (χ1) is 48.2. The van der Waals surface area contributed by atoms with E-state index in [0.29, 0.717) is 0 Å². The van der Waals surface area contributed by atoms with Crippen molar-refractivity contribution in [1.82, 2.24) is 37.2 Å². The summed E-state index contributed by atoms with van der Waals surface area (Å²) < 4.78 is 44.0. The summed E-state index contributed by atoms with van der Waals surface area (Å²) in [5, 5.41) is 111. The Kier molecular flexibility index (Phi) is 23.4. The lowest BCUT2D eigenvalue weighted by Gasteiger charge is -2.47. The van der Waals surface area contributed by atoms with Crippen LogP contribution >= 0.6 is 45.8 Å². The number of methoxy groups -OCH3 is 1. The van der Waals surface area contributed by atoms with Gasteiger partial charge >= 0.3 is 5.97 Å². The number of benzene rings is 5. The molecule has 0 saturated carbocycles. The number of alkyl halides is 1. The van der Waals surface area contributed by atoms with Crippen LogP contribution in [0.4, 0.5) is 0 Å². The lowest BCUT2D eigenvalue weighted by atomic mass is 9.86. The van der Waals surface area contributed by atoms with Gasteiger partial charge in [-0.2, -0.15) is 0 Å². The van der Waals surface area contributed by atoms with E-state index in [4.69, 9.17) is 67.8 Å². The number of carbonyl (C=O) groups excluding carboxylic acids is 8. The number of hydrogen-bond donors (Lipinski definition) is 17. The highest BCUT2D eigenvalue weighted by molar-refractivity contribution is 14.1. The molecule has 2 saturated heterocycles. The zero-order valence-corrected chi connectivity index (χ0v) is 58.9. The number of likely N-dealkylation sites (N-methyl/N-ethyl adjacent to an activating group) is 1. The Bertz CT molecular complexity index is 4100. The topological polar surface area (TPSA) is 499 Å². The monoisotopic (exact) mass is 1570 g/mol. The first kappa shape index (κ1) is 76.2. The number of nitrogens with one attached hydrogen (secondary N) is 7. The SMILES string of the molecule is CNC(CC(C)C)C(=O)NC1C(=O)N[C@@H](CC(N)=O)C(=O)NC2C(=O)N[C@H]3C(=O)NC(C(=O)N[C@@H](C(=O)OC)c4cc(O)cc(O)c4-c4cc3ccc4O)C(O)c3ccc(c(Cl)c3)Oc3cc2cc(c3OC2OC(CI)C(O)C(O)C2OC2CC(C)(N)C(O)C(C)O2)Oc2ccc(cc2Cl)C1O. The Labute approximate surface area is 605 Å². The fourth-order valence-electron chi connectivity index (χ4n) is 12.6. The minimum atomic E-state index is -2.30. The summed E-state index contributed by atoms with van der Waals surface area (Å²) in [5.41, 5.74) is 8.64. The number of aliphatic hydroxyl groups excluding tert-OH is 5. The van der Waals surface area contributed by atoms with Crippen LogP contribution in [0.1, 0.15) is 105 Å². The molecule has 7 aliphatic heterocycles. The second-order valence-electron chi connectivity index (χ2n) is 25.9. The number of rotatable bonds is 13. The number of phenols is 3. The molecule has 32 nitrogen and oxygen atoms in total. The van der Waals surface area contributed by atoms with Crippen molar-refractivity contribution in [2.24, 2.45) is 17.4 Å². The Morgan fingerprint density at radius 2 is 1.33 bits per heavy atom. The third kappa shape index (κ3) is 16.2. The van der Waals surface area contributed by atoms with Gasteiger partial charge in [-0.1, -0.05) is 77.8 Å². The number of aliphatic hydroxyl groups is 5. The van der Waals surface area contributed by atoms with Crippen LogP contribution < -0.4 is 62.9 Å². The van der Waals surface area contributed by atoms with Gasteiger partial charge < -0.3 is 123 Å². The lowest BCUT2D eigenvalue weighted by molar-refractivity contribution is -0.328. The Hall–Kier alpha value is -8.43. The Morgan fingerprint density at radius 1 is 0.725 bits per heavy atom. The van der Waals surface area contributed by atoms with Gasteiger partial charge in [-0.3, -0.25) is 33.6 Å². The number of halogens is 3. The van der Waals surface area contributed by atoms with Crippen LogP contribution in [-0.4, -0.2) is 186 Å². The number of amides is 7. The van der Waals surface area contributed by atoms with Gasteiger partial charge in [0.15, 0.2) is 29.9 Å². The molecule has 0 aromatic heterocycles. The summed E-state index contributed by atoms with van der Waals surface area (Å²) in [6.07, 6.45) is -17.1. The van der Waals surface area contributed by atoms with Crippen molar-refractivity contribution in [3.05, 3.63) is 117 Å². The average Bonchev–Trinajstić information content (AvgIpc) is 0.770. The number of aromatic hydroxyl groups is 3. The molecule has 12 rings (SSSR count). The van der Waals surface area contributed by atoms with Crippen molar-refractivity contribution in [3.8, 4) is 57.1 Å². The van der Waals surface area contributed by atoms with Crippen LogP contribution in [0.15, 0.2) is 78.9 Å². The van der Waals surface area contributed by atoms with Crippen molar-refractivity contribution in [2.75, 3.05) is 18.6 Å². The molecule has 548 valence electrons. The predicted octanol–water partition coefficient (Wildman–Crippen LogP) is 1.64. The smallest absolute Gasteiger partial charge is 0.333 e. The first-order valence-corrected chi connectivity index (χ1v) is 34.2. The summed E-state index contributed by atoms with van der Waals surface area (Å²) in [6, 6.07) is 0.536. The molecule has 15 unspecified atom stereocenters. The molecule has 18 atom stereocenters. The molecule has 7 aliphatic rings. The van der Waals surface area contributed by atoms with Gasteiger partial charge in [0, 0.05) is 39.1 Å². The van der Waals surface area contributed by atoms with Crippen LogP contribution in [0.3, 0.4) is 0 Å². The van der Waals surface area contributed by atoms with Gasteiger partial charge in [-0.25, -0.2) is 4.79 Å². The van der Waals surface area contributed by atoms with Gasteiger partial charge in [0.25, 0.3) is 0 Å². The third-order valence-corrected chi connectivity index (χ3v) is 19.4. The van der Waals surface area contributed by atoms with Crippen molar-refractivity contribution in [3.63, 3.8) is 0 Å². The third-order valence-electron chi connectivity index (χ3n) is 17.9. The van der Waals surface area contributed by atoms with E-state index in [0.717, 1.165) is 61.7 Å². The van der Waals surface area contributed by atoms with Crippen LogP contribution in [-0.2, 0) is 57.3 Å². The molecule has 7 heterocycles. The van der Waals surface area contributed by atoms with Gasteiger partial charge in [0.05, 0.1) is 47.9 Å². The second kappa shape index (κ2) is 31.3. The van der Waals surface area contributed by atoms with Crippen molar-refractivity contribution in [1.29, 1.82) is 0 Å². The summed E-state index contributed by atoms with van der Waals surface area (Å²) >= 11 is 16.1. The van der Waals surface area contributed by atoms with E-state index in [9.17, 15) is 60.0 Å². The Balaban J connectivity index is 1.24. The van der Waals surface area contributed by atoms with Crippen molar-refractivity contribution >= 4 is 93.1 Å². The molecule has 5 aromatic rings. The number of nitrogens with two attached hydrogens (primary N) is 2. The lowest BCUT2D eigenvalue weighted by Crippen LogP contribution is -2.64. The van der Waals surface area contributed by atoms with E-state index in [1.807, 2.05) is 36.4 Å². The van der Waals surface area contributed by atoms with Crippen LogP contribution in [0, 0.1) is 5.92 Å². The maximum absolute atomic E-state index is 16.1. The molecular formula is C67H76Cl2IN9O23. The molecule has 7 amide bonds. The average molecular weight is 1570 g/mol. The van der Waals surface area contributed by atoms with Gasteiger partial charge in [-0.05, 0) is 110 Å². The maximum atomic E-state index is 16.1. The molecule has 11 bridgehead atoms. The van der Waals surface area contributed by atoms with Crippen molar-refractivity contribution in [2.45, 2.75) is 156 Å². The zero-order chi connectivity index (χ0) is 74.2. The molecule has 102 heavy (non-hydrogen) atoms. The number of fused-ring (bicyclic) bond motifs is 15. The van der Waals surface area contributed by atoms with E-state index in [1.165, 1.54) is 38.2 Å². The van der Waals surface area contributed by atoms with Gasteiger partial charge in [-0.15, -0.1) is 0 Å². The maximum Gasteiger partial charge on any atom is 0.333 e. The van der Waals surface area contributed by atoms with Crippen LogP contribution in [0.2, 0.25) is 10.0 Å². The van der Waals surface area contributed by atoms with E-state index in [2.05, 4.69) is 37.2 Å². The van der Waals surface area contributed by atoms with E-state index >= 15 is 19.2 Å². The molecule has 0 radical (unpaired) electrons. The summed E-state index contributed by atoms with van der Waals surface area (Å²) in [6.45, 7) is 6.73. The van der Waals surface area contributed by atoms with E-state index < -0.39 is 220 Å². The highest BCUT2D eigenvalue weighted by Crippen LogP contribution is 2.50. The molecule has 0 spiro atoms. The first-order valence-electron chi connectivity index (χ1n) is 32.0. The second-order valence-corrected chi connectivity index (χ2v) is 27.6. The molecule has 2 fully saturated rings. The van der Waals surface area contributed by atoms with Crippen LogP contribution in [0.25, 0.3) is 11.1 Å². The number of phenolic OH excluding ortho intramolecular Hbond substituents is 3. The zero-order valence-electron chi connectivity index (χ0n) is 55.2. The Morgan fingerprint density at radius 3 is 1.92 bits per heavy atom. The largest absolute Gasteiger partial charge is 0.508 e. The van der Waals surface area contributed by atoms with Gasteiger partial charge in [0.1, 0.15) is 83.4 Å². The highest BCUT2D eigenvalue weighted by Gasteiger charge is 2.51. The minimum absolute atomic E-state index is 0.00524. The molecule has 5 aromatic carbocycles. The number of ether oxygens (including phenoxy) is 7. The number of carbonyl (C=O) groups is 8. The standard InChI is InChI=1S/C67H76Cl2IN9O23/c1-24(2)13-35(73-5)59(89)78-50-52(84)27-8-11-39(33(68)15-27)98-41-17-29-18-42(56(41)102-66-57(55(87)54(86)43(23-70)100-66)101-45-22-67(4,72)58(88)25(3)97-45)99-40-12-9-28(16-34(40)69)53(85)51-64(94)77-49(65(95)96-6)32-19-30(80)20-38(82)46(32)31-14-26(7-10-37(31)81)47(61(91)79-51)76-62(92)48(29)75-60(90)36(21-44(71)83)74-63(50)93/h7-12,14-20,24-25,35-36,43,45,47-55,57-58,66,73,80-82,84-88H,13,21-23,72H2,1-6H3,(H2,71,83)(H,74,93)(H,75,90)(H,76,92)(H,77,94)(H,78,89)(H,79,91)/t25?,35?,36-,43?,45?,47+,48?,49+,50?,51?,52?,53?,54?,55?,57?,58?,66?,67?/m0/s1. The number of primary amides is 1. The van der Waals surface area contributed by atoms with Gasteiger partial charge in [0.2, 0.25) is 53.4 Å². The summed E-state index contributed by atoms with van der Waals surface area (Å²) in [5.74, 6) is -14.5. The molecule has 0 aliphatic carbocycles. The number of esters is 1. The van der Waals surface area contributed by atoms with Crippen molar-refractivity contribution < 1.29 is 112 Å². The quantitative estimate of drug-likeness (QED) is 0.0452.